The normalized spacial score (nSPS) is 27.1. The molecular weight excluding hydrogens is 217 g/mol. The highest BCUT2D eigenvalue weighted by molar-refractivity contribution is 5.47. The summed E-state index contributed by atoms with van der Waals surface area (Å²) in [6.45, 7) is 4.42. The second-order valence-corrected chi connectivity index (χ2v) is 5.88. The zero-order valence-corrected chi connectivity index (χ0v) is 10.5. The maximum atomic E-state index is 13.6. The van der Waals surface area contributed by atoms with Crippen LogP contribution in [0.1, 0.15) is 33.1 Å². The van der Waals surface area contributed by atoms with Crippen LogP contribution in [0.3, 0.4) is 0 Å². The summed E-state index contributed by atoms with van der Waals surface area (Å²) in [4.78, 5) is 0. The fourth-order valence-electron chi connectivity index (χ4n) is 2.80. The molecular formula is C14H20FNO. The maximum Gasteiger partial charge on any atom is 0.146 e. The lowest BCUT2D eigenvalue weighted by Crippen LogP contribution is -2.40. The average molecular weight is 237 g/mol. The van der Waals surface area contributed by atoms with E-state index in [1.807, 2.05) is 0 Å². The van der Waals surface area contributed by atoms with Crippen molar-refractivity contribution in [3.05, 3.63) is 30.1 Å². The Morgan fingerprint density at radius 1 is 1.29 bits per heavy atom. The number of hydrogen-bond acceptors (Lipinski definition) is 2. The van der Waals surface area contributed by atoms with Crippen molar-refractivity contribution in [2.24, 2.45) is 5.41 Å². The van der Waals surface area contributed by atoms with E-state index in [1.165, 1.54) is 6.07 Å². The minimum Gasteiger partial charge on any atom is -0.394 e. The van der Waals surface area contributed by atoms with Crippen LogP contribution in [0, 0.1) is 11.2 Å². The maximum absolute atomic E-state index is 13.6. The van der Waals surface area contributed by atoms with Gasteiger partial charge < -0.3 is 10.4 Å². The Kier molecular flexibility index (Phi) is 3.13. The van der Waals surface area contributed by atoms with Crippen molar-refractivity contribution in [1.82, 2.24) is 0 Å². The van der Waals surface area contributed by atoms with Gasteiger partial charge in [0.05, 0.1) is 17.8 Å². The summed E-state index contributed by atoms with van der Waals surface area (Å²) < 4.78 is 13.6. The number of halogens is 1. The number of anilines is 1. The topological polar surface area (TPSA) is 32.3 Å². The van der Waals surface area contributed by atoms with Gasteiger partial charge in [-0.15, -0.1) is 0 Å². The van der Waals surface area contributed by atoms with Gasteiger partial charge in [-0.2, -0.15) is 0 Å². The summed E-state index contributed by atoms with van der Waals surface area (Å²) in [6, 6.07) is 6.63. The molecule has 1 atom stereocenters. The van der Waals surface area contributed by atoms with Crippen LogP contribution in [0.4, 0.5) is 10.1 Å². The number of aliphatic hydroxyl groups excluding tert-OH is 1. The van der Waals surface area contributed by atoms with Crippen molar-refractivity contribution >= 4 is 5.69 Å². The Morgan fingerprint density at radius 3 is 2.53 bits per heavy atom. The Labute approximate surface area is 102 Å². The van der Waals surface area contributed by atoms with Gasteiger partial charge >= 0.3 is 0 Å². The smallest absolute Gasteiger partial charge is 0.146 e. The largest absolute Gasteiger partial charge is 0.394 e. The van der Waals surface area contributed by atoms with Crippen LogP contribution in [-0.4, -0.2) is 17.3 Å². The standard InChI is InChI=1S/C14H20FNO/c1-13(2)7-8-14(9-13,10-17)16-12-6-4-3-5-11(12)15/h3-6,16-17H,7-10H2,1-2H3. The zero-order chi connectivity index (χ0) is 12.5. The second-order valence-electron chi connectivity index (χ2n) is 5.88. The molecule has 0 amide bonds. The lowest BCUT2D eigenvalue weighted by Gasteiger charge is -2.31. The second kappa shape index (κ2) is 4.30. The van der Waals surface area contributed by atoms with E-state index in [9.17, 15) is 9.50 Å². The molecule has 1 saturated carbocycles. The monoisotopic (exact) mass is 237 g/mol. The third-order valence-corrected chi connectivity index (χ3v) is 3.67. The fourth-order valence-corrected chi connectivity index (χ4v) is 2.80. The number of rotatable bonds is 3. The van der Waals surface area contributed by atoms with Crippen LogP contribution < -0.4 is 5.32 Å². The van der Waals surface area contributed by atoms with E-state index < -0.39 is 0 Å². The van der Waals surface area contributed by atoms with Gasteiger partial charge in [0.1, 0.15) is 5.82 Å². The van der Waals surface area contributed by atoms with Crippen LogP contribution in [0.15, 0.2) is 24.3 Å². The first-order valence-corrected chi connectivity index (χ1v) is 6.10. The minimum atomic E-state index is -0.369. The third kappa shape index (κ3) is 2.60. The van der Waals surface area contributed by atoms with Gasteiger partial charge in [0.15, 0.2) is 0 Å². The summed E-state index contributed by atoms with van der Waals surface area (Å²) in [5, 5.41) is 12.8. The van der Waals surface area contributed by atoms with Crippen molar-refractivity contribution in [2.45, 2.75) is 38.6 Å². The zero-order valence-electron chi connectivity index (χ0n) is 10.5. The molecule has 0 heterocycles. The molecule has 0 radical (unpaired) electrons. The lowest BCUT2D eigenvalue weighted by molar-refractivity contribution is 0.201. The average Bonchev–Trinajstić information content (AvgIpc) is 2.59. The highest BCUT2D eigenvalue weighted by atomic mass is 19.1. The van der Waals surface area contributed by atoms with Crippen molar-refractivity contribution in [3.8, 4) is 0 Å². The summed E-state index contributed by atoms with van der Waals surface area (Å²) in [5.74, 6) is -0.259. The first kappa shape index (κ1) is 12.4. The molecule has 17 heavy (non-hydrogen) atoms. The third-order valence-electron chi connectivity index (χ3n) is 3.67. The summed E-state index contributed by atoms with van der Waals surface area (Å²) in [6.07, 6.45) is 2.80. The van der Waals surface area contributed by atoms with Crippen molar-refractivity contribution < 1.29 is 9.50 Å². The molecule has 0 bridgehead atoms. The molecule has 1 fully saturated rings. The number of aliphatic hydroxyl groups is 1. The van der Waals surface area contributed by atoms with Crippen molar-refractivity contribution in [1.29, 1.82) is 0 Å². The molecule has 0 aliphatic heterocycles. The highest BCUT2D eigenvalue weighted by Crippen LogP contribution is 2.45. The molecule has 1 aromatic carbocycles. The molecule has 1 aliphatic rings. The molecule has 1 aromatic rings. The van der Waals surface area contributed by atoms with Crippen LogP contribution in [0.25, 0.3) is 0 Å². The molecule has 3 heteroatoms. The number of benzene rings is 1. The van der Waals surface area contributed by atoms with Gasteiger partial charge in [-0.25, -0.2) is 4.39 Å². The first-order valence-electron chi connectivity index (χ1n) is 6.10. The lowest BCUT2D eigenvalue weighted by atomic mass is 9.88. The summed E-state index contributed by atoms with van der Waals surface area (Å²) >= 11 is 0. The van der Waals surface area contributed by atoms with Crippen LogP contribution in [0.5, 0.6) is 0 Å². The number of para-hydroxylation sites is 1. The van der Waals surface area contributed by atoms with Crippen LogP contribution in [0.2, 0.25) is 0 Å². The highest BCUT2D eigenvalue weighted by Gasteiger charge is 2.43. The van der Waals surface area contributed by atoms with Gasteiger partial charge in [0.25, 0.3) is 0 Å². The Bertz CT molecular complexity index is 405. The van der Waals surface area contributed by atoms with Gasteiger partial charge in [0, 0.05) is 0 Å². The van der Waals surface area contributed by atoms with E-state index in [4.69, 9.17) is 0 Å². The van der Waals surface area contributed by atoms with Crippen molar-refractivity contribution in [2.75, 3.05) is 11.9 Å². The van der Waals surface area contributed by atoms with E-state index in [1.54, 1.807) is 18.2 Å². The molecule has 2 N–H and O–H groups in total. The minimum absolute atomic E-state index is 0.0464. The first-order chi connectivity index (χ1) is 7.96. The van der Waals surface area contributed by atoms with Gasteiger partial charge in [-0.1, -0.05) is 26.0 Å². The van der Waals surface area contributed by atoms with Gasteiger partial charge in [-0.3, -0.25) is 0 Å². The van der Waals surface area contributed by atoms with Crippen LogP contribution >= 0.6 is 0 Å². The summed E-state index contributed by atoms with van der Waals surface area (Å²) in [7, 11) is 0. The SMILES string of the molecule is CC1(C)CCC(CO)(Nc2ccccc2F)C1. The quantitative estimate of drug-likeness (QED) is 0.846. The molecule has 0 aromatic heterocycles. The summed E-state index contributed by atoms with van der Waals surface area (Å²) in [5.41, 5.74) is 0.325. The van der Waals surface area contributed by atoms with E-state index in [0.717, 1.165) is 19.3 Å². The molecule has 94 valence electrons. The van der Waals surface area contributed by atoms with Crippen LogP contribution in [-0.2, 0) is 0 Å². The predicted molar refractivity (Wildman–Crippen MR) is 67.5 cm³/mol. The van der Waals surface area contributed by atoms with Crippen molar-refractivity contribution in [3.63, 3.8) is 0 Å². The van der Waals surface area contributed by atoms with E-state index >= 15 is 0 Å². The molecule has 2 rings (SSSR count). The predicted octanol–water partition coefficient (Wildman–Crippen LogP) is 3.18. The number of hydrogen-bond donors (Lipinski definition) is 2. The van der Waals surface area contributed by atoms with E-state index in [0.29, 0.717) is 5.69 Å². The molecule has 0 spiro atoms. The number of nitrogens with one attached hydrogen (secondary N) is 1. The fraction of sp³-hybridized carbons (Fsp3) is 0.571. The molecule has 1 unspecified atom stereocenters. The Balaban J connectivity index is 2.19. The van der Waals surface area contributed by atoms with E-state index in [-0.39, 0.29) is 23.4 Å². The molecule has 0 saturated heterocycles. The Morgan fingerprint density at radius 2 is 2.00 bits per heavy atom. The van der Waals surface area contributed by atoms with Gasteiger partial charge in [0.2, 0.25) is 0 Å². The molecule has 1 aliphatic carbocycles. The Hall–Kier alpha value is -1.09. The van der Waals surface area contributed by atoms with E-state index in [2.05, 4.69) is 19.2 Å². The van der Waals surface area contributed by atoms with Gasteiger partial charge in [-0.05, 0) is 36.8 Å². The molecule has 2 nitrogen and oxygen atoms in total.